The van der Waals surface area contributed by atoms with E-state index >= 15 is 0 Å². The van der Waals surface area contributed by atoms with Gasteiger partial charge < -0.3 is 25.4 Å². The fourth-order valence-electron chi connectivity index (χ4n) is 3.84. The van der Waals surface area contributed by atoms with E-state index in [-0.39, 0.29) is 35.3 Å². The van der Waals surface area contributed by atoms with Gasteiger partial charge in [0.05, 0.1) is 6.54 Å². The zero-order chi connectivity index (χ0) is 21.7. The number of anilines is 1. The normalized spacial score (nSPS) is 15.1. The lowest BCUT2D eigenvalue weighted by Crippen LogP contribution is -2.40. The third kappa shape index (κ3) is 10.5. The summed E-state index contributed by atoms with van der Waals surface area (Å²) in [5.74, 6) is 1.46. The summed E-state index contributed by atoms with van der Waals surface area (Å²) in [6.45, 7) is 9.99. The molecule has 0 bridgehead atoms. The van der Waals surface area contributed by atoms with Crippen LogP contribution < -0.4 is 20.7 Å². The second kappa shape index (κ2) is 15.3. The molecule has 2 rings (SSSR count). The molecule has 0 heterocycles. The lowest BCUT2D eigenvalue weighted by atomic mass is 9.83. The SMILES string of the molecule is CCNC(=NCC1(CCOCC)CCCC1)NCCOc1cccc(NC(C)=O)c1.I. The fourth-order valence-corrected chi connectivity index (χ4v) is 3.84. The monoisotopic (exact) mass is 546 g/mol. The van der Waals surface area contributed by atoms with Crippen LogP contribution in [0.4, 0.5) is 5.69 Å². The predicted octanol–water partition coefficient (Wildman–Crippen LogP) is 4.18. The van der Waals surface area contributed by atoms with Crippen LogP contribution in [0.15, 0.2) is 29.3 Å². The van der Waals surface area contributed by atoms with Gasteiger partial charge >= 0.3 is 0 Å². The number of nitrogens with zero attached hydrogens (tertiary/aromatic N) is 1. The third-order valence-electron chi connectivity index (χ3n) is 5.38. The van der Waals surface area contributed by atoms with Crippen molar-refractivity contribution in [1.82, 2.24) is 10.6 Å². The first-order chi connectivity index (χ1) is 14.6. The quantitative estimate of drug-likeness (QED) is 0.159. The van der Waals surface area contributed by atoms with Crippen LogP contribution in [0.2, 0.25) is 0 Å². The number of ether oxygens (including phenoxy) is 2. The van der Waals surface area contributed by atoms with Gasteiger partial charge in [-0.3, -0.25) is 9.79 Å². The maximum Gasteiger partial charge on any atom is 0.221 e. The highest BCUT2D eigenvalue weighted by atomic mass is 127. The van der Waals surface area contributed by atoms with Crippen molar-refractivity contribution in [2.75, 3.05) is 44.8 Å². The van der Waals surface area contributed by atoms with Gasteiger partial charge in [0.1, 0.15) is 12.4 Å². The van der Waals surface area contributed by atoms with E-state index in [9.17, 15) is 4.79 Å². The summed E-state index contributed by atoms with van der Waals surface area (Å²) in [5, 5.41) is 9.45. The predicted molar refractivity (Wildman–Crippen MR) is 138 cm³/mol. The smallest absolute Gasteiger partial charge is 0.221 e. The van der Waals surface area contributed by atoms with Crippen LogP contribution in [0, 0.1) is 5.41 Å². The summed E-state index contributed by atoms with van der Waals surface area (Å²) in [5.41, 5.74) is 1.01. The fraction of sp³-hybridized carbons (Fsp3) is 0.652. The first-order valence-corrected chi connectivity index (χ1v) is 11.2. The van der Waals surface area contributed by atoms with Gasteiger partial charge in [-0.2, -0.15) is 0 Å². The molecule has 1 amide bonds. The molecule has 8 heteroatoms. The molecular formula is C23H39IN4O3. The van der Waals surface area contributed by atoms with Gasteiger partial charge in [-0.25, -0.2) is 0 Å². The molecule has 0 atom stereocenters. The minimum atomic E-state index is -0.0957. The van der Waals surface area contributed by atoms with Crippen LogP contribution >= 0.6 is 24.0 Å². The molecule has 1 aliphatic carbocycles. The Kier molecular flexibility index (Phi) is 13.6. The van der Waals surface area contributed by atoms with Crippen molar-refractivity contribution in [1.29, 1.82) is 0 Å². The van der Waals surface area contributed by atoms with Crippen LogP contribution in [-0.4, -0.2) is 51.3 Å². The molecule has 1 fully saturated rings. The number of carbonyl (C=O) groups excluding carboxylic acids is 1. The maximum atomic E-state index is 11.2. The summed E-state index contributed by atoms with van der Waals surface area (Å²) < 4.78 is 11.4. The van der Waals surface area contributed by atoms with Crippen molar-refractivity contribution >= 4 is 41.5 Å². The Balaban J connectivity index is 0.00000480. The van der Waals surface area contributed by atoms with E-state index in [1.165, 1.54) is 32.6 Å². The maximum absolute atomic E-state index is 11.2. The first kappa shape index (κ1) is 27.5. The van der Waals surface area contributed by atoms with Crippen LogP contribution in [-0.2, 0) is 9.53 Å². The topological polar surface area (TPSA) is 84.0 Å². The van der Waals surface area contributed by atoms with E-state index in [0.717, 1.165) is 50.1 Å². The van der Waals surface area contributed by atoms with Crippen LogP contribution in [0.1, 0.15) is 52.9 Å². The molecule has 3 N–H and O–H groups in total. The number of benzene rings is 1. The summed E-state index contributed by atoms with van der Waals surface area (Å²) >= 11 is 0. The van der Waals surface area contributed by atoms with Crippen molar-refractivity contribution in [3.05, 3.63) is 24.3 Å². The highest BCUT2D eigenvalue weighted by molar-refractivity contribution is 14.0. The number of amides is 1. The molecule has 0 unspecified atom stereocenters. The molecule has 7 nitrogen and oxygen atoms in total. The first-order valence-electron chi connectivity index (χ1n) is 11.2. The van der Waals surface area contributed by atoms with Gasteiger partial charge in [0.2, 0.25) is 5.91 Å². The van der Waals surface area contributed by atoms with Gasteiger partial charge in [-0.1, -0.05) is 18.9 Å². The molecule has 0 spiro atoms. The van der Waals surface area contributed by atoms with Crippen molar-refractivity contribution in [2.24, 2.45) is 10.4 Å². The van der Waals surface area contributed by atoms with Gasteiger partial charge in [0.25, 0.3) is 0 Å². The third-order valence-corrected chi connectivity index (χ3v) is 5.38. The molecular weight excluding hydrogens is 507 g/mol. The number of hydrogen-bond acceptors (Lipinski definition) is 4. The lowest BCUT2D eigenvalue weighted by Gasteiger charge is -2.27. The number of guanidine groups is 1. The molecule has 176 valence electrons. The molecule has 0 aromatic heterocycles. The Morgan fingerprint density at radius 1 is 1.16 bits per heavy atom. The van der Waals surface area contributed by atoms with Gasteiger partial charge in [0.15, 0.2) is 5.96 Å². The Morgan fingerprint density at radius 3 is 2.61 bits per heavy atom. The van der Waals surface area contributed by atoms with Crippen molar-refractivity contribution in [3.63, 3.8) is 0 Å². The summed E-state index contributed by atoms with van der Waals surface area (Å²) in [4.78, 5) is 16.1. The highest BCUT2D eigenvalue weighted by Crippen LogP contribution is 2.41. The van der Waals surface area contributed by atoms with Crippen molar-refractivity contribution in [2.45, 2.75) is 52.9 Å². The van der Waals surface area contributed by atoms with E-state index in [0.29, 0.717) is 13.2 Å². The Morgan fingerprint density at radius 2 is 1.94 bits per heavy atom. The van der Waals surface area contributed by atoms with E-state index in [1.54, 1.807) is 0 Å². The number of nitrogens with one attached hydrogen (secondary N) is 3. The molecule has 0 aliphatic heterocycles. The number of carbonyl (C=O) groups is 1. The molecule has 0 saturated heterocycles. The van der Waals surface area contributed by atoms with Crippen LogP contribution in [0.3, 0.4) is 0 Å². The second-order valence-corrected chi connectivity index (χ2v) is 7.83. The molecule has 0 radical (unpaired) electrons. The van der Waals surface area contributed by atoms with Gasteiger partial charge in [-0.15, -0.1) is 24.0 Å². The molecule has 1 saturated carbocycles. The Labute approximate surface area is 204 Å². The molecule has 1 aromatic carbocycles. The number of hydrogen-bond donors (Lipinski definition) is 3. The summed E-state index contributed by atoms with van der Waals surface area (Å²) in [6.07, 6.45) is 6.12. The van der Waals surface area contributed by atoms with Crippen molar-refractivity contribution < 1.29 is 14.3 Å². The molecule has 1 aliphatic rings. The van der Waals surface area contributed by atoms with E-state index in [4.69, 9.17) is 14.5 Å². The summed E-state index contributed by atoms with van der Waals surface area (Å²) in [6, 6.07) is 7.41. The number of halogens is 1. The minimum absolute atomic E-state index is 0. The molecule has 1 aromatic rings. The van der Waals surface area contributed by atoms with Crippen LogP contribution in [0.25, 0.3) is 0 Å². The number of aliphatic imine (C=N–C) groups is 1. The molecule has 31 heavy (non-hydrogen) atoms. The van der Waals surface area contributed by atoms with Crippen molar-refractivity contribution in [3.8, 4) is 5.75 Å². The van der Waals surface area contributed by atoms with E-state index in [2.05, 4.69) is 22.9 Å². The minimum Gasteiger partial charge on any atom is -0.492 e. The average Bonchev–Trinajstić information content (AvgIpc) is 3.18. The second-order valence-electron chi connectivity index (χ2n) is 7.83. The zero-order valence-corrected chi connectivity index (χ0v) is 21.5. The number of rotatable bonds is 12. The average molecular weight is 546 g/mol. The van der Waals surface area contributed by atoms with Gasteiger partial charge in [0, 0.05) is 45.0 Å². The van der Waals surface area contributed by atoms with Gasteiger partial charge in [-0.05, 0) is 50.7 Å². The standard InChI is InChI=1S/C23H38N4O3.HI/c1-4-24-22(26-18-23(11-6-7-12-23)13-15-29-5-2)25-14-16-30-21-10-8-9-20(17-21)27-19(3)28;/h8-10,17H,4-7,11-16,18H2,1-3H3,(H,27,28)(H2,24,25,26);1H. The summed E-state index contributed by atoms with van der Waals surface area (Å²) in [7, 11) is 0. The highest BCUT2D eigenvalue weighted by Gasteiger charge is 2.33. The Hall–Kier alpha value is -1.55. The van der Waals surface area contributed by atoms with Crippen LogP contribution in [0.5, 0.6) is 5.75 Å². The largest absolute Gasteiger partial charge is 0.492 e. The zero-order valence-electron chi connectivity index (χ0n) is 19.2. The lowest BCUT2D eigenvalue weighted by molar-refractivity contribution is -0.114. The van der Waals surface area contributed by atoms with E-state index < -0.39 is 0 Å². The Bertz CT molecular complexity index is 679. The van der Waals surface area contributed by atoms with E-state index in [1.807, 2.05) is 31.2 Å².